The Morgan fingerprint density at radius 3 is 2.37 bits per heavy atom. The number of aryl methyl sites for hydroxylation is 1. The van der Waals surface area contributed by atoms with E-state index in [9.17, 15) is 9.18 Å². The molecule has 2 nitrogen and oxygen atoms in total. The van der Waals surface area contributed by atoms with E-state index in [1.807, 2.05) is 31.2 Å². The second-order valence-electron chi connectivity index (χ2n) is 4.40. The molecule has 2 aromatic rings. The first kappa shape index (κ1) is 13.3. The summed E-state index contributed by atoms with van der Waals surface area (Å²) in [5.74, 6) is 0.165. The number of para-hydroxylation sites is 1. The Morgan fingerprint density at radius 1 is 1.11 bits per heavy atom. The Labute approximate surface area is 111 Å². The molecule has 0 aliphatic heterocycles. The van der Waals surface area contributed by atoms with Gasteiger partial charge in [-0.05, 0) is 49.7 Å². The molecule has 1 unspecified atom stereocenters. The summed E-state index contributed by atoms with van der Waals surface area (Å²) < 4.78 is 18.5. The van der Waals surface area contributed by atoms with Gasteiger partial charge in [-0.1, -0.05) is 18.2 Å². The summed E-state index contributed by atoms with van der Waals surface area (Å²) in [5.41, 5.74) is 1.42. The number of ether oxygens (including phenoxy) is 1. The highest BCUT2D eigenvalue weighted by Gasteiger charge is 2.17. The molecular weight excluding hydrogens is 243 g/mol. The van der Waals surface area contributed by atoms with Gasteiger partial charge in [0.2, 0.25) is 5.78 Å². The van der Waals surface area contributed by atoms with Crippen molar-refractivity contribution in [2.75, 3.05) is 0 Å². The molecule has 0 spiro atoms. The normalized spacial score (nSPS) is 11.9. The Balaban J connectivity index is 2.12. The summed E-state index contributed by atoms with van der Waals surface area (Å²) in [5, 5.41) is 0. The van der Waals surface area contributed by atoms with E-state index >= 15 is 0 Å². The number of ketones is 1. The van der Waals surface area contributed by atoms with Gasteiger partial charge in [0.15, 0.2) is 6.10 Å². The number of hydrogen-bond acceptors (Lipinski definition) is 2. The van der Waals surface area contributed by atoms with Crippen molar-refractivity contribution >= 4 is 5.78 Å². The Bertz CT molecular complexity index is 576. The predicted molar refractivity (Wildman–Crippen MR) is 72.0 cm³/mol. The molecule has 0 radical (unpaired) electrons. The quantitative estimate of drug-likeness (QED) is 0.780. The van der Waals surface area contributed by atoms with Crippen LogP contribution in [0.25, 0.3) is 0 Å². The molecule has 0 amide bonds. The fraction of sp³-hybridized carbons (Fsp3) is 0.188. The van der Waals surface area contributed by atoms with Crippen LogP contribution in [0.5, 0.6) is 5.75 Å². The van der Waals surface area contributed by atoms with Crippen LogP contribution in [0.15, 0.2) is 48.5 Å². The van der Waals surface area contributed by atoms with Crippen LogP contribution < -0.4 is 4.74 Å². The van der Waals surface area contributed by atoms with E-state index < -0.39 is 6.10 Å². The number of carbonyl (C=O) groups excluding carboxylic acids is 1. The van der Waals surface area contributed by atoms with Crippen molar-refractivity contribution in [3.05, 3.63) is 65.5 Å². The summed E-state index contributed by atoms with van der Waals surface area (Å²) in [6, 6.07) is 13.0. The lowest BCUT2D eigenvalue weighted by Crippen LogP contribution is -2.24. The zero-order chi connectivity index (χ0) is 13.8. The molecule has 3 heteroatoms. The second-order valence-corrected chi connectivity index (χ2v) is 4.40. The van der Waals surface area contributed by atoms with Gasteiger partial charge in [-0.3, -0.25) is 4.79 Å². The third kappa shape index (κ3) is 3.19. The van der Waals surface area contributed by atoms with E-state index in [0.29, 0.717) is 11.3 Å². The molecule has 1 atom stereocenters. The molecule has 0 aromatic heterocycles. The molecule has 2 aromatic carbocycles. The summed E-state index contributed by atoms with van der Waals surface area (Å²) >= 11 is 0. The fourth-order valence-corrected chi connectivity index (χ4v) is 1.78. The highest BCUT2D eigenvalue weighted by atomic mass is 19.1. The van der Waals surface area contributed by atoms with Crippen LogP contribution in [0.3, 0.4) is 0 Å². The minimum Gasteiger partial charge on any atom is -0.482 e. The number of Topliss-reactive ketones (excluding diaryl/α,β-unsaturated/α-hetero) is 1. The van der Waals surface area contributed by atoms with Crippen molar-refractivity contribution in [1.29, 1.82) is 0 Å². The Morgan fingerprint density at radius 2 is 1.74 bits per heavy atom. The molecule has 0 aliphatic carbocycles. The molecule has 98 valence electrons. The standard InChI is InChI=1S/C16H15FO2/c1-11-5-3-4-6-15(11)19-12(2)16(18)13-7-9-14(17)10-8-13/h3-10,12H,1-2H3. The lowest BCUT2D eigenvalue weighted by molar-refractivity contribution is 0.0817. The smallest absolute Gasteiger partial charge is 0.202 e. The number of hydrogen-bond donors (Lipinski definition) is 0. The average molecular weight is 258 g/mol. The maximum absolute atomic E-state index is 12.8. The molecular formula is C16H15FO2. The van der Waals surface area contributed by atoms with E-state index in [4.69, 9.17) is 4.74 Å². The van der Waals surface area contributed by atoms with Gasteiger partial charge in [-0.15, -0.1) is 0 Å². The molecule has 0 saturated carbocycles. The van der Waals surface area contributed by atoms with Crippen LogP contribution in [0, 0.1) is 12.7 Å². The lowest BCUT2D eigenvalue weighted by atomic mass is 10.1. The molecule has 0 heterocycles. The van der Waals surface area contributed by atoms with Crippen LogP contribution in [0.2, 0.25) is 0 Å². The third-order valence-electron chi connectivity index (χ3n) is 2.90. The number of benzene rings is 2. The van der Waals surface area contributed by atoms with Crippen molar-refractivity contribution < 1.29 is 13.9 Å². The van der Waals surface area contributed by atoms with Crippen molar-refractivity contribution in [1.82, 2.24) is 0 Å². The highest BCUT2D eigenvalue weighted by Crippen LogP contribution is 2.19. The average Bonchev–Trinajstić information content (AvgIpc) is 2.41. The van der Waals surface area contributed by atoms with Crippen molar-refractivity contribution in [3.63, 3.8) is 0 Å². The number of carbonyl (C=O) groups is 1. The zero-order valence-corrected chi connectivity index (χ0v) is 10.9. The van der Waals surface area contributed by atoms with Crippen LogP contribution >= 0.6 is 0 Å². The minimum absolute atomic E-state index is 0.164. The number of rotatable bonds is 4. The Hall–Kier alpha value is -2.16. The van der Waals surface area contributed by atoms with Gasteiger partial charge in [0.05, 0.1) is 0 Å². The maximum Gasteiger partial charge on any atom is 0.202 e. The maximum atomic E-state index is 12.8. The Kier molecular flexibility index (Phi) is 3.95. The van der Waals surface area contributed by atoms with E-state index in [0.717, 1.165) is 5.56 Å². The second kappa shape index (κ2) is 5.65. The first-order valence-corrected chi connectivity index (χ1v) is 6.10. The number of halogens is 1. The van der Waals surface area contributed by atoms with Gasteiger partial charge in [0.1, 0.15) is 11.6 Å². The first-order chi connectivity index (χ1) is 9.08. The van der Waals surface area contributed by atoms with Crippen LogP contribution in [-0.2, 0) is 0 Å². The van der Waals surface area contributed by atoms with E-state index in [-0.39, 0.29) is 11.6 Å². The highest BCUT2D eigenvalue weighted by molar-refractivity contribution is 5.99. The van der Waals surface area contributed by atoms with Crippen LogP contribution in [0.4, 0.5) is 4.39 Å². The topological polar surface area (TPSA) is 26.3 Å². The minimum atomic E-state index is -0.605. The SMILES string of the molecule is Cc1ccccc1OC(C)C(=O)c1ccc(F)cc1. The van der Waals surface area contributed by atoms with Crippen LogP contribution in [0.1, 0.15) is 22.8 Å². The summed E-state index contributed by atoms with van der Waals surface area (Å²) in [6.45, 7) is 3.61. The van der Waals surface area contributed by atoms with Crippen molar-refractivity contribution in [3.8, 4) is 5.75 Å². The lowest BCUT2D eigenvalue weighted by Gasteiger charge is -2.15. The summed E-state index contributed by atoms with van der Waals surface area (Å²) in [7, 11) is 0. The first-order valence-electron chi connectivity index (χ1n) is 6.10. The van der Waals surface area contributed by atoms with Gasteiger partial charge in [0, 0.05) is 5.56 Å². The van der Waals surface area contributed by atoms with E-state index in [1.54, 1.807) is 6.92 Å². The molecule has 0 bridgehead atoms. The van der Waals surface area contributed by atoms with Gasteiger partial charge in [-0.25, -0.2) is 4.39 Å². The monoisotopic (exact) mass is 258 g/mol. The summed E-state index contributed by atoms with van der Waals surface area (Å²) in [6.07, 6.45) is -0.605. The molecule has 0 N–H and O–H groups in total. The van der Waals surface area contributed by atoms with Crippen LogP contribution in [-0.4, -0.2) is 11.9 Å². The van der Waals surface area contributed by atoms with Crippen molar-refractivity contribution in [2.24, 2.45) is 0 Å². The molecule has 0 aliphatic rings. The molecule has 0 fully saturated rings. The molecule has 0 saturated heterocycles. The van der Waals surface area contributed by atoms with Gasteiger partial charge >= 0.3 is 0 Å². The summed E-state index contributed by atoms with van der Waals surface area (Å²) in [4.78, 5) is 12.1. The third-order valence-corrected chi connectivity index (χ3v) is 2.90. The van der Waals surface area contributed by atoms with E-state index in [1.165, 1.54) is 24.3 Å². The van der Waals surface area contributed by atoms with Gasteiger partial charge in [0.25, 0.3) is 0 Å². The predicted octanol–water partition coefficient (Wildman–Crippen LogP) is 3.78. The molecule has 19 heavy (non-hydrogen) atoms. The zero-order valence-electron chi connectivity index (χ0n) is 10.9. The van der Waals surface area contributed by atoms with Gasteiger partial charge in [-0.2, -0.15) is 0 Å². The van der Waals surface area contributed by atoms with Gasteiger partial charge < -0.3 is 4.74 Å². The van der Waals surface area contributed by atoms with Crippen molar-refractivity contribution in [2.45, 2.75) is 20.0 Å². The fourth-order valence-electron chi connectivity index (χ4n) is 1.78. The molecule has 2 rings (SSSR count). The largest absolute Gasteiger partial charge is 0.482 e. The van der Waals surface area contributed by atoms with E-state index in [2.05, 4.69) is 0 Å².